The highest BCUT2D eigenvalue weighted by atomic mass is 35.5. The molecule has 0 aromatic carbocycles. The van der Waals surface area contributed by atoms with Crippen molar-refractivity contribution in [2.24, 2.45) is 5.14 Å². The van der Waals surface area contributed by atoms with E-state index in [0.717, 1.165) is 5.41 Å². The van der Waals surface area contributed by atoms with E-state index in [1.165, 1.54) is 6.08 Å². The maximum Gasteiger partial charge on any atom is 0.305 e. The van der Waals surface area contributed by atoms with Gasteiger partial charge in [0.2, 0.25) is 0 Å². The van der Waals surface area contributed by atoms with E-state index in [9.17, 15) is 16.8 Å². The Balaban J connectivity index is 3.30. The molecule has 0 saturated heterocycles. The van der Waals surface area contributed by atoms with Crippen LogP contribution in [-0.4, -0.2) is 31.7 Å². The maximum absolute atomic E-state index is 11.1. The highest BCUT2D eigenvalue weighted by Crippen LogP contribution is 2.18. The molecule has 7 nitrogen and oxygen atoms in total. The van der Waals surface area contributed by atoms with Gasteiger partial charge in [0.25, 0.3) is 10.0 Å². The zero-order chi connectivity index (χ0) is 10.3. The minimum atomic E-state index is -4.39. The van der Waals surface area contributed by atoms with E-state index >= 15 is 0 Å². The van der Waals surface area contributed by atoms with Gasteiger partial charge in [0, 0.05) is 9.23 Å². The number of hydrogen-bond acceptors (Lipinski definition) is 5. The fourth-order valence-corrected chi connectivity index (χ4v) is 3.73. The Morgan fingerprint density at radius 1 is 1.46 bits per heavy atom. The summed E-state index contributed by atoms with van der Waals surface area (Å²) < 4.78 is 44.1. The van der Waals surface area contributed by atoms with Gasteiger partial charge in [-0.15, -0.1) is 4.53 Å². The number of halogens is 1. The molecule has 1 aliphatic rings. The van der Waals surface area contributed by atoms with Crippen LogP contribution in [0.15, 0.2) is 11.5 Å². The zero-order valence-corrected chi connectivity index (χ0v) is 8.55. The van der Waals surface area contributed by atoms with Crippen molar-refractivity contribution in [3.05, 3.63) is 11.5 Å². The van der Waals surface area contributed by atoms with E-state index in [-0.39, 0.29) is 10.4 Å². The molecule has 1 rings (SSSR count). The van der Waals surface area contributed by atoms with Crippen molar-refractivity contribution >= 4 is 32.0 Å². The number of nitrogens with zero attached hydrogens (tertiary/aromatic N) is 2. The minimum absolute atomic E-state index is 0.0583. The number of rotatable bonds is 1. The first-order valence-corrected chi connectivity index (χ1v) is 6.27. The molecule has 76 valence electrons. The van der Waals surface area contributed by atoms with Crippen LogP contribution < -0.4 is 5.14 Å². The number of hydrogen-bond donors (Lipinski definition) is 1. The zero-order valence-electron chi connectivity index (χ0n) is 6.16. The molecule has 0 aromatic heterocycles. The molecule has 0 aliphatic carbocycles. The Morgan fingerprint density at radius 2 is 2.00 bits per heavy atom. The van der Waals surface area contributed by atoms with E-state index in [2.05, 4.69) is 5.14 Å². The molecule has 10 heteroatoms. The second kappa shape index (κ2) is 3.19. The normalized spacial score (nSPS) is 24.8. The fraction of sp³-hybridized carbons (Fsp3) is 0.333. The molecule has 0 radical (unpaired) electrons. The maximum atomic E-state index is 11.1. The van der Waals surface area contributed by atoms with E-state index in [4.69, 9.17) is 11.8 Å². The molecule has 0 bridgehead atoms. The van der Waals surface area contributed by atoms with Crippen molar-refractivity contribution in [2.45, 2.75) is 0 Å². The largest absolute Gasteiger partial charge is 0.305 e. The van der Waals surface area contributed by atoms with Gasteiger partial charge in [-0.1, -0.05) is 6.08 Å². The first-order valence-electron chi connectivity index (χ1n) is 2.93. The van der Waals surface area contributed by atoms with Crippen LogP contribution in [0.3, 0.4) is 0 Å². The second-order valence-electron chi connectivity index (χ2n) is 2.16. The van der Waals surface area contributed by atoms with Crippen LogP contribution in [-0.2, 0) is 20.2 Å². The van der Waals surface area contributed by atoms with Gasteiger partial charge >= 0.3 is 10.2 Å². The van der Waals surface area contributed by atoms with Gasteiger partial charge in [0.05, 0.1) is 6.54 Å². The van der Waals surface area contributed by atoms with Crippen LogP contribution in [0, 0.1) is 0 Å². The van der Waals surface area contributed by atoms with Crippen molar-refractivity contribution in [3.63, 3.8) is 0 Å². The lowest BCUT2D eigenvalue weighted by Gasteiger charge is -2.25. The molecule has 0 amide bonds. The molecule has 1 aliphatic heterocycles. The molecule has 0 spiro atoms. The third-order valence-electron chi connectivity index (χ3n) is 1.14. The summed E-state index contributed by atoms with van der Waals surface area (Å²) in [5.41, 5.74) is 0. The number of hydrazine groups is 1. The first-order chi connectivity index (χ1) is 5.75. The van der Waals surface area contributed by atoms with E-state index in [1.807, 2.05) is 0 Å². The van der Waals surface area contributed by atoms with Crippen LogP contribution in [0.25, 0.3) is 0 Å². The topological polar surface area (TPSA) is 101 Å². The highest BCUT2D eigenvalue weighted by Gasteiger charge is 2.37. The summed E-state index contributed by atoms with van der Waals surface area (Å²) in [6, 6.07) is 0. The third kappa shape index (κ3) is 2.18. The molecular weight excluding hydrogens is 242 g/mol. The molecule has 0 fully saturated rings. The fourth-order valence-electron chi connectivity index (χ4n) is 0.762. The van der Waals surface area contributed by atoms with Crippen molar-refractivity contribution in [2.75, 3.05) is 6.54 Å². The summed E-state index contributed by atoms with van der Waals surface area (Å²) in [5.74, 6) is 0. The average Bonchev–Trinajstić information content (AvgIpc) is 1.79. The summed E-state index contributed by atoms with van der Waals surface area (Å²) in [7, 11) is -8.49. The molecule has 0 unspecified atom stereocenters. The van der Waals surface area contributed by atoms with Gasteiger partial charge < -0.3 is 0 Å². The Morgan fingerprint density at radius 3 is 2.31 bits per heavy atom. The smallest absolute Gasteiger partial charge is 0.214 e. The van der Waals surface area contributed by atoms with Crippen LogP contribution >= 0.6 is 11.8 Å². The van der Waals surface area contributed by atoms with Crippen molar-refractivity contribution in [1.82, 2.24) is 8.35 Å². The third-order valence-corrected chi connectivity index (χ3v) is 4.65. The number of sulfonamides is 1. The van der Waals surface area contributed by atoms with E-state index < -0.39 is 20.2 Å². The van der Waals surface area contributed by atoms with Gasteiger partial charge in [0.15, 0.2) is 0 Å². The number of nitrogens with two attached hydrogens (primary N) is 1. The predicted octanol–water partition coefficient (Wildman–Crippen LogP) is -1.28. The van der Waals surface area contributed by atoms with Gasteiger partial charge in [-0.2, -0.15) is 8.42 Å². The van der Waals surface area contributed by atoms with Gasteiger partial charge in [-0.3, -0.25) is 0 Å². The monoisotopic (exact) mass is 247 g/mol. The van der Waals surface area contributed by atoms with Crippen LogP contribution in [0.2, 0.25) is 0 Å². The summed E-state index contributed by atoms with van der Waals surface area (Å²) >= 11 is 5.32. The standard InChI is InChI=1S/C3H6ClN3O4S2/c4-6-2-1-3-12(8,9)7(6)13(5,10)11/h1,3H,2H2,(H2,5,10,11). The molecule has 1 heterocycles. The Bertz CT molecular complexity index is 426. The van der Waals surface area contributed by atoms with Crippen LogP contribution in [0.5, 0.6) is 0 Å². The second-order valence-corrected chi connectivity index (χ2v) is 5.80. The van der Waals surface area contributed by atoms with Crippen LogP contribution in [0.4, 0.5) is 0 Å². The van der Waals surface area contributed by atoms with E-state index in [0.29, 0.717) is 4.53 Å². The summed E-state index contributed by atoms with van der Waals surface area (Å²) in [4.78, 5) is 0. The Labute approximate surface area is 80.7 Å². The molecule has 0 atom stereocenters. The predicted molar refractivity (Wildman–Crippen MR) is 45.6 cm³/mol. The SMILES string of the molecule is NS(=O)(=O)N1N(Cl)CC=CS1(=O)=O. The lowest BCUT2D eigenvalue weighted by molar-refractivity contribution is 0.288. The van der Waals surface area contributed by atoms with Gasteiger partial charge in [-0.05, 0) is 11.8 Å². The highest BCUT2D eigenvalue weighted by molar-refractivity contribution is 8.04. The Hall–Kier alpha value is -0.190. The van der Waals surface area contributed by atoms with Crippen molar-refractivity contribution in [1.29, 1.82) is 0 Å². The van der Waals surface area contributed by atoms with Crippen LogP contribution in [0.1, 0.15) is 0 Å². The summed E-state index contributed by atoms with van der Waals surface area (Å²) in [6.45, 7) is -0.0583. The first kappa shape index (κ1) is 10.9. The van der Waals surface area contributed by atoms with Gasteiger partial charge in [-0.25, -0.2) is 13.6 Å². The Kier molecular flexibility index (Phi) is 2.67. The minimum Gasteiger partial charge on any atom is -0.214 e. The van der Waals surface area contributed by atoms with Gasteiger partial charge in [0.1, 0.15) is 0 Å². The van der Waals surface area contributed by atoms with Crippen molar-refractivity contribution < 1.29 is 16.8 Å². The van der Waals surface area contributed by atoms with Crippen molar-refractivity contribution in [3.8, 4) is 0 Å². The summed E-state index contributed by atoms with van der Waals surface area (Å²) in [5, 5.41) is 5.35. The molecular formula is C3H6ClN3O4S2. The molecule has 0 saturated carbocycles. The quantitative estimate of drug-likeness (QED) is 0.582. The molecule has 0 aromatic rings. The molecule has 2 N–H and O–H groups in total. The lowest BCUT2D eigenvalue weighted by atomic mass is 10.7. The summed E-state index contributed by atoms with van der Waals surface area (Å²) in [6.07, 6.45) is 1.20. The average molecular weight is 248 g/mol. The lowest BCUT2D eigenvalue weighted by Crippen LogP contribution is -2.49. The van der Waals surface area contributed by atoms with E-state index in [1.54, 1.807) is 0 Å². The molecule has 13 heavy (non-hydrogen) atoms.